The second kappa shape index (κ2) is 5.84. The van der Waals surface area contributed by atoms with Gasteiger partial charge in [-0.1, -0.05) is 11.6 Å². The highest BCUT2D eigenvalue weighted by molar-refractivity contribution is 7.89. The lowest BCUT2D eigenvalue weighted by Crippen LogP contribution is -2.17. The Morgan fingerprint density at radius 1 is 1.30 bits per heavy atom. The average molecular weight is 352 g/mol. The number of nitrogens with one attached hydrogen (secondary N) is 1. The number of furan rings is 1. The highest BCUT2D eigenvalue weighted by Gasteiger charge is 2.18. The summed E-state index contributed by atoms with van der Waals surface area (Å²) in [5.74, 6) is 0.814. The van der Waals surface area contributed by atoms with Crippen LogP contribution in [0, 0.1) is 0 Å². The minimum Gasteiger partial charge on any atom is -0.459 e. The number of sulfonamides is 1. The van der Waals surface area contributed by atoms with Crippen molar-refractivity contribution in [2.24, 2.45) is 5.14 Å². The van der Waals surface area contributed by atoms with E-state index in [1.165, 1.54) is 18.3 Å². The molecule has 3 aromatic rings. The van der Waals surface area contributed by atoms with E-state index in [1.807, 2.05) is 13.0 Å². The van der Waals surface area contributed by atoms with Gasteiger partial charge >= 0.3 is 0 Å². The van der Waals surface area contributed by atoms with Crippen molar-refractivity contribution in [2.75, 3.05) is 5.32 Å². The van der Waals surface area contributed by atoms with Gasteiger partial charge in [-0.05, 0) is 43.3 Å². The van der Waals surface area contributed by atoms with E-state index in [-0.39, 0.29) is 16.8 Å². The summed E-state index contributed by atoms with van der Waals surface area (Å²) in [6.07, 6.45) is 1.49. The Morgan fingerprint density at radius 3 is 2.83 bits per heavy atom. The summed E-state index contributed by atoms with van der Waals surface area (Å²) in [6.45, 7) is 1.83. The fourth-order valence-corrected chi connectivity index (χ4v) is 3.08. The number of nitrogens with zero attached hydrogens (tertiary/aromatic N) is 1. The Balaban J connectivity index is 1.93. The van der Waals surface area contributed by atoms with Crippen LogP contribution in [0.4, 0.5) is 5.82 Å². The first-order chi connectivity index (χ1) is 10.8. The van der Waals surface area contributed by atoms with Crippen molar-refractivity contribution in [2.45, 2.75) is 17.9 Å². The van der Waals surface area contributed by atoms with E-state index < -0.39 is 10.0 Å². The lowest BCUT2D eigenvalue weighted by Gasteiger charge is -2.14. The molecular formula is C15H14ClN3O3S. The predicted octanol–water partition coefficient (Wildman–Crippen LogP) is 3.30. The minimum absolute atomic E-state index is 0.0639. The molecule has 0 amide bonds. The number of fused-ring (bicyclic) bond motifs is 1. The van der Waals surface area contributed by atoms with Gasteiger partial charge in [-0.3, -0.25) is 0 Å². The molecule has 2 aromatic heterocycles. The maximum atomic E-state index is 11.6. The van der Waals surface area contributed by atoms with E-state index in [4.69, 9.17) is 21.2 Å². The van der Waals surface area contributed by atoms with Crippen molar-refractivity contribution in [3.8, 4) is 0 Å². The zero-order valence-corrected chi connectivity index (χ0v) is 13.7. The number of halogens is 1. The number of hydrogen-bond acceptors (Lipinski definition) is 5. The van der Waals surface area contributed by atoms with E-state index in [1.54, 1.807) is 18.2 Å². The van der Waals surface area contributed by atoms with E-state index >= 15 is 0 Å². The van der Waals surface area contributed by atoms with Crippen LogP contribution < -0.4 is 10.5 Å². The summed E-state index contributed by atoms with van der Waals surface area (Å²) >= 11 is 5.96. The van der Waals surface area contributed by atoms with Gasteiger partial charge in [-0.15, -0.1) is 0 Å². The van der Waals surface area contributed by atoms with Gasteiger partial charge in [0.15, 0.2) is 0 Å². The summed E-state index contributed by atoms with van der Waals surface area (Å²) in [5.41, 5.74) is 0.700. The Hall–Kier alpha value is -2.09. The van der Waals surface area contributed by atoms with Crippen LogP contribution in [-0.4, -0.2) is 13.4 Å². The van der Waals surface area contributed by atoms with Crippen LogP contribution >= 0.6 is 11.6 Å². The quantitative estimate of drug-likeness (QED) is 0.751. The van der Waals surface area contributed by atoms with Crippen molar-refractivity contribution in [1.29, 1.82) is 0 Å². The molecule has 23 heavy (non-hydrogen) atoms. The summed E-state index contributed by atoms with van der Waals surface area (Å²) in [4.78, 5) is 3.98. The highest BCUT2D eigenvalue weighted by atomic mass is 35.5. The SMILES string of the molecule is CC(Nc1ncccc1S(N)(=O)=O)c1cc2cc(Cl)ccc2o1. The summed E-state index contributed by atoms with van der Waals surface area (Å²) in [7, 11) is -3.86. The van der Waals surface area contributed by atoms with Crippen LogP contribution in [0.15, 0.2) is 51.9 Å². The Kier molecular flexibility index (Phi) is 4.01. The monoisotopic (exact) mass is 351 g/mol. The second-order valence-corrected chi connectivity index (χ2v) is 7.06. The van der Waals surface area contributed by atoms with Gasteiger partial charge < -0.3 is 9.73 Å². The Labute approximate surface area is 138 Å². The topological polar surface area (TPSA) is 98.2 Å². The third-order valence-electron chi connectivity index (χ3n) is 3.35. The minimum atomic E-state index is -3.86. The molecule has 6 nitrogen and oxygen atoms in total. The molecule has 3 N–H and O–H groups in total. The van der Waals surface area contributed by atoms with E-state index in [2.05, 4.69) is 10.3 Å². The highest BCUT2D eigenvalue weighted by Crippen LogP contribution is 2.29. The van der Waals surface area contributed by atoms with Gasteiger partial charge in [-0.25, -0.2) is 18.5 Å². The molecule has 3 rings (SSSR count). The van der Waals surface area contributed by atoms with Crippen LogP contribution in [0.5, 0.6) is 0 Å². The molecule has 0 aliphatic heterocycles. The van der Waals surface area contributed by atoms with Gasteiger partial charge in [0.2, 0.25) is 10.0 Å². The molecule has 0 saturated carbocycles. The summed E-state index contributed by atoms with van der Waals surface area (Å²) in [6, 6.07) is 9.77. The molecule has 0 radical (unpaired) electrons. The van der Waals surface area contributed by atoms with E-state index in [9.17, 15) is 8.42 Å². The normalized spacial score (nSPS) is 13.2. The first kappa shape index (κ1) is 15.8. The average Bonchev–Trinajstić information content (AvgIpc) is 2.89. The Morgan fingerprint density at radius 2 is 2.09 bits per heavy atom. The van der Waals surface area contributed by atoms with Crippen LogP contribution in [0.1, 0.15) is 18.7 Å². The lowest BCUT2D eigenvalue weighted by atomic mass is 10.2. The largest absolute Gasteiger partial charge is 0.459 e. The van der Waals surface area contributed by atoms with Crippen molar-refractivity contribution >= 4 is 38.4 Å². The fraction of sp³-hybridized carbons (Fsp3) is 0.133. The third-order valence-corrected chi connectivity index (χ3v) is 4.53. The maximum absolute atomic E-state index is 11.6. The summed E-state index contributed by atoms with van der Waals surface area (Å²) in [5, 5.41) is 9.70. The van der Waals surface area contributed by atoms with Crippen molar-refractivity contribution in [3.63, 3.8) is 0 Å². The smallest absolute Gasteiger partial charge is 0.241 e. The van der Waals surface area contributed by atoms with Crippen LogP contribution in [0.25, 0.3) is 11.0 Å². The van der Waals surface area contributed by atoms with Gasteiger partial charge in [0.25, 0.3) is 0 Å². The zero-order valence-electron chi connectivity index (χ0n) is 12.2. The lowest BCUT2D eigenvalue weighted by molar-refractivity contribution is 0.525. The molecule has 120 valence electrons. The van der Waals surface area contributed by atoms with Crippen LogP contribution in [0.3, 0.4) is 0 Å². The second-order valence-electron chi connectivity index (χ2n) is 5.09. The number of benzene rings is 1. The molecule has 1 unspecified atom stereocenters. The number of nitrogens with two attached hydrogens (primary N) is 1. The molecule has 1 atom stereocenters. The van der Waals surface area contributed by atoms with Gasteiger partial charge in [0, 0.05) is 16.6 Å². The predicted molar refractivity (Wildman–Crippen MR) is 88.9 cm³/mol. The first-order valence-corrected chi connectivity index (χ1v) is 8.70. The van der Waals surface area contributed by atoms with Crippen molar-refractivity contribution < 1.29 is 12.8 Å². The number of primary sulfonamides is 1. The van der Waals surface area contributed by atoms with Crippen molar-refractivity contribution in [3.05, 3.63) is 53.4 Å². The number of hydrogen-bond donors (Lipinski definition) is 2. The van der Waals surface area contributed by atoms with Gasteiger partial charge in [0.1, 0.15) is 22.1 Å². The molecule has 0 aliphatic carbocycles. The molecule has 8 heteroatoms. The van der Waals surface area contributed by atoms with Gasteiger partial charge in [-0.2, -0.15) is 0 Å². The Bertz CT molecular complexity index is 969. The van der Waals surface area contributed by atoms with Gasteiger partial charge in [0.05, 0.1) is 6.04 Å². The summed E-state index contributed by atoms with van der Waals surface area (Å²) < 4.78 is 29.0. The van der Waals surface area contributed by atoms with Crippen LogP contribution in [-0.2, 0) is 10.0 Å². The fourth-order valence-electron chi connectivity index (χ4n) is 2.25. The molecular weight excluding hydrogens is 338 g/mol. The van der Waals surface area contributed by atoms with E-state index in [0.29, 0.717) is 16.4 Å². The molecule has 0 spiro atoms. The standard InChI is InChI=1S/C15H14ClN3O3S/c1-9(13-8-10-7-11(16)4-5-12(10)22-13)19-15-14(23(17,20)21)3-2-6-18-15/h2-9H,1H3,(H,18,19)(H2,17,20,21). The molecule has 0 saturated heterocycles. The molecule has 1 aromatic carbocycles. The molecule has 0 bridgehead atoms. The number of rotatable bonds is 4. The van der Waals surface area contributed by atoms with Crippen molar-refractivity contribution in [1.82, 2.24) is 4.98 Å². The first-order valence-electron chi connectivity index (χ1n) is 6.78. The number of aromatic nitrogens is 1. The van der Waals surface area contributed by atoms with Crippen LogP contribution in [0.2, 0.25) is 5.02 Å². The molecule has 0 aliphatic rings. The third kappa shape index (κ3) is 3.31. The number of anilines is 1. The van der Waals surface area contributed by atoms with E-state index in [0.717, 1.165) is 5.39 Å². The molecule has 2 heterocycles. The molecule has 0 fully saturated rings. The maximum Gasteiger partial charge on any atom is 0.241 e. The number of pyridine rings is 1. The zero-order chi connectivity index (χ0) is 16.6.